The van der Waals surface area contributed by atoms with Gasteiger partial charge >= 0.3 is 0 Å². The molecular weight excluding hydrogens is 624 g/mol. The van der Waals surface area contributed by atoms with Gasteiger partial charge in [-0.3, -0.25) is 48.8 Å². The van der Waals surface area contributed by atoms with E-state index in [4.69, 9.17) is 9.84 Å². The number of fused-ring (bicyclic) bond motifs is 2. The fourth-order valence-corrected chi connectivity index (χ4v) is 7.38. The van der Waals surface area contributed by atoms with Crippen molar-refractivity contribution in [3.8, 4) is 28.1 Å². The number of pyridine rings is 1. The van der Waals surface area contributed by atoms with Gasteiger partial charge in [0.1, 0.15) is 24.1 Å². The Kier molecular flexibility index (Phi) is 7.87. The molecule has 1 N–H and O–H groups in total. The number of aromatic nitrogens is 3. The largest absolute Gasteiger partial charge is 0.492 e. The van der Waals surface area contributed by atoms with Crippen LogP contribution in [0.4, 0.5) is 0 Å². The van der Waals surface area contributed by atoms with Crippen molar-refractivity contribution in [1.29, 1.82) is 0 Å². The fourth-order valence-electron chi connectivity index (χ4n) is 7.38. The van der Waals surface area contributed by atoms with Gasteiger partial charge in [-0.2, -0.15) is 5.10 Å². The maximum Gasteiger partial charge on any atom is 0.262 e. The van der Waals surface area contributed by atoms with Gasteiger partial charge in [0.05, 0.1) is 17.2 Å². The molecule has 0 spiro atoms. The third-order valence-electron chi connectivity index (χ3n) is 10.0. The van der Waals surface area contributed by atoms with E-state index in [1.165, 1.54) is 0 Å². The van der Waals surface area contributed by atoms with Crippen molar-refractivity contribution in [2.24, 2.45) is 0 Å². The molecule has 12 nitrogen and oxygen atoms in total. The Morgan fingerprint density at radius 3 is 2.35 bits per heavy atom. The Labute approximate surface area is 282 Å². The number of carbonyl (C=O) groups is 5. The van der Waals surface area contributed by atoms with Crippen LogP contribution in [0.25, 0.3) is 22.4 Å². The number of Topliss-reactive ketones (excluding diaryl/α,β-unsaturated/α-hetero) is 1. The number of aryl methyl sites for hydroxylation is 1. The van der Waals surface area contributed by atoms with Crippen LogP contribution in [0, 0.1) is 0 Å². The predicted molar refractivity (Wildman–Crippen MR) is 177 cm³/mol. The number of benzene rings is 2. The maximum atomic E-state index is 13.1. The summed E-state index contributed by atoms with van der Waals surface area (Å²) in [5.41, 5.74) is 6.35. The molecule has 2 saturated heterocycles. The van der Waals surface area contributed by atoms with Gasteiger partial charge in [0.15, 0.2) is 5.78 Å². The molecule has 0 radical (unpaired) electrons. The van der Waals surface area contributed by atoms with Gasteiger partial charge in [-0.25, -0.2) is 0 Å². The van der Waals surface area contributed by atoms with E-state index in [9.17, 15) is 24.0 Å². The molecule has 248 valence electrons. The number of amides is 4. The molecule has 0 saturated carbocycles. The van der Waals surface area contributed by atoms with Gasteiger partial charge in [-0.05, 0) is 67.1 Å². The second kappa shape index (κ2) is 12.5. The quantitative estimate of drug-likeness (QED) is 0.279. The van der Waals surface area contributed by atoms with Crippen molar-refractivity contribution in [2.45, 2.75) is 50.6 Å². The van der Waals surface area contributed by atoms with Crippen molar-refractivity contribution in [2.75, 3.05) is 26.2 Å². The fraction of sp³-hybridized carbons (Fsp3) is 0.324. The molecular formula is C37H34N6O6. The molecule has 2 aromatic heterocycles. The lowest BCUT2D eigenvalue weighted by molar-refractivity contribution is -0.136. The van der Waals surface area contributed by atoms with Crippen molar-refractivity contribution in [1.82, 2.24) is 29.9 Å². The van der Waals surface area contributed by atoms with E-state index in [-0.39, 0.29) is 35.8 Å². The number of imide groups is 2. The average Bonchev–Trinajstić information content (AvgIpc) is 3.80. The normalized spacial score (nSPS) is 19.7. The SMILES string of the molecule is O=C1CCC(N2C(=O)c3ccc(OCCN4CCC(n5cc(-c6ccc7c(c6)CCC7=O)c(-c6ccncc6)n5)CC4)cc3C2=O)C(=O)N1. The van der Waals surface area contributed by atoms with Crippen LogP contribution in [0.15, 0.2) is 67.1 Å². The number of hydrogen-bond acceptors (Lipinski definition) is 9. The smallest absolute Gasteiger partial charge is 0.262 e. The Morgan fingerprint density at radius 1 is 0.776 bits per heavy atom. The standard InChI is InChI=1S/C37H34N6O6/c44-32-7-2-23-19-24(1-4-27(23)32)30-21-42(40-34(30)22-9-13-38-14-10-22)25-11-15-41(16-12-25)17-18-49-26-3-5-28-29(20-26)37(48)43(36(28)47)31-6-8-33(45)39-35(31)46/h1,3-5,9-10,13-14,19-21,25,31H,2,6-8,11-12,15-18H2,(H,39,45,46). The third kappa shape index (κ3) is 5.71. The van der Waals surface area contributed by atoms with E-state index in [0.717, 1.165) is 70.8 Å². The number of carbonyl (C=O) groups excluding carboxylic acids is 5. The Morgan fingerprint density at radius 2 is 1.55 bits per heavy atom. The number of rotatable bonds is 8. The molecule has 1 atom stereocenters. The minimum Gasteiger partial charge on any atom is -0.492 e. The van der Waals surface area contributed by atoms with Crippen LogP contribution in [0.1, 0.15) is 74.8 Å². The Bertz CT molecular complexity index is 2010. The van der Waals surface area contributed by atoms with Gasteiger partial charge < -0.3 is 4.74 Å². The summed E-state index contributed by atoms with van der Waals surface area (Å²) in [7, 11) is 0. The highest BCUT2D eigenvalue weighted by molar-refractivity contribution is 6.23. The molecule has 2 fully saturated rings. The predicted octanol–water partition coefficient (Wildman–Crippen LogP) is 3.86. The Hall–Kier alpha value is -5.49. The van der Waals surface area contributed by atoms with Crippen LogP contribution in [-0.4, -0.2) is 86.3 Å². The summed E-state index contributed by atoms with van der Waals surface area (Å²) in [4.78, 5) is 69.7. The summed E-state index contributed by atoms with van der Waals surface area (Å²) in [6.45, 7) is 2.83. The first kappa shape index (κ1) is 30.8. The molecule has 4 aromatic rings. The van der Waals surface area contributed by atoms with Crippen molar-refractivity contribution in [3.63, 3.8) is 0 Å². The first-order valence-corrected chi connectivity index (χ1v) is 16.7. The lowest BCUT2D eigenvalue weighted by Gasteiger charge is -2.31. The zero-order chi connectivity index (χ0) is 33.6. The highest BCUT2D eigenvalue weighted by Gasteiger charge is 2.44. The lowest BCUT2D eigenvalue weighted by Crippen LogP contribution is -2.54. The lowest BCUT2D eigenvalue weighted by atomic mass is 9.98. The summed E-state index contributed by atoms with van der Waals surface area (Å²) in [6.07, 6.45) is 9.05. The summed E-state index contributed by atoms with van der Waals surface area (Å²) in [5.74, 6) is -1.45. The molecule has 2 aromatic carbocycles. The molecule has 4 aliphatic rings. The monoisotopic (exact) mass is 658 g/mol. The second-order valence-corrected chi connectivity index (χ2v) is 13.0. The molecule has 12 heteroatoms. The van der Waals surface area contributed by atoms with Gasteiger partial charge in [0, 0.05) is 67.8 Å². The highest BCUT2D eigenvalue weighted by atomic mass is 16.5. The molecule has 1 unspecified atom stereocenters. The maximum absolute atomic E-state index is 13.1. The van der Waals surface area contributed by atoms with Crippen LogP contribution < -0.4 is 10.1 Å². The molecule has 4 amide bonds. The van der Waals surface area contributed by atoms with Gasteiger partial charge in [-0.15, -0.1) is 0 Å². The molecule has 0 bridgehead atoms. The Balaban J connectivity index is 0.898. The highest BCUT2D eigenvalue weighted by Crippen LogP contribution is 2.36. The van der Waals surface area contributed by atoms with E-state index < -0.39 is 29.7 Å². The zero-order valence-corrected chi connectivity index (χ0v) is 26.8. The van der Waals surface area contributed by atoms with Gasteiger partial charge in [-0.1, -0.05) is 18.2 Å². The zero-order valence-electron chi connectivity index (χ0n) is 26.8. The van der Waals surface area contributed by atoms with Crippen LogP contribution in [-0.2, 0) is 16.0 Å². The summed E-state index contributed by atoms with van der Waals surface area (Å²) in [5, 5.41) is 7.30. The summed E-state index contributed by atoms with van der Waals surface area (Å²) >= 11 is 0. The van der Waals surface area contributed by atoms with Crippen LogP contribution in [0.3, 0.4) is 0 Å². The third-order valence-corrected chi connectivity index (χ3v) is 10.0. The number of nitrogens with one attached hydrogen (secondary N) is 1. The van der Waals surface area contributed by atoms with Crippen LogP contribution in [0.5, 0.6) is 5.75 Å². The van der Waals surface area contributed by atoms with Crippen molar-refractivity contribution >= 4 is 29.4 Å². The van der Waals surface area contributed by atoms with E-state index in [2.05, 4.69) is 32.1 Å². The second-order valence-electron chi connectivity index (χ2n) is 13.0. The number of piperidine rings is 2. The number of hydrogen-bond donors (Lipinski definition) is 1. The van der Waals surface area contributed by atoms with Crippen molar-refractivity contribution < 1.29 is 28.7 Å². The van der Waals surface area contributed by atoms with E-state index >= 15 is 0 Å². The summed E-state index contributed by atoms with van der Waals surface area (Å²) in [6, 6.07) is 14.1. The van der Waals surface area contributed by atoms with Crippen LogP contribution >= 0.6 is 0 Å². The van der Waals surface area contributed by atoms with Crippen molar-refractivity contribution in [3.05, 3.63) is 89.4 Å². The number of nitrogens with zero attached hydrogens (tertiary/aromatic N) is 5. The minimum atomic E-state index is -1.00. The van der Waals surface area contributed by atoms with Crippen LogP contribution in [0.2, 0.25) is 0 Å². The van der Waals surface area contributed by atoms with E-state index in [1.807, 2.05) is 24.3 Å². The first-order valence-electron chi connectivity index (χ1n) is 16.7. The number of ether oxygens (including phenoxy) is 1. The molecule has 3 aliphatic heterocycles. The molecule has 5 heterocycles. The topological polar surface area (TPSA) is 144 Å². The first-order chi connectivity index (χ1) is 23.8. The van der Waals surface area contributed by atoms with E-state index in [1.54, 1.807) is 30.6 Å². The molecule has 8 rings (SSSR count). The van der Waals surface area contributed by atoms with E-state index in [0.29, 0.717) is 25.3 Å². The number of ketones is 1. The molecule has 49 heavy (non-hydrogen) atoms. The minimum absolute atomic E-state index is 0.0737. The van der Waals surface area contributed by atoms with Gasteiger partial charge in [0.25, 0.3) is 11.8 Å². The molecule has 1 aliphatic carbocycles. The summed E-state index contributed by atoms with van der Waals surface area (Å²) < 4.78 is 8.10. The average molecular weight is 659 g/mol. The number of likely N-dealkylation sites (tertiary alicyclic amines) is 1. The van der Waals surface area contributed by atoms with Gasteiger partial charge in [0.2, 0.25) is 11.8 Å².